The minimum atomic E-state index is -1.63. The van der Waals surface area contributed by atoms with Gasteiger partial charge in [-0.2, -0.15) is 0 Å². The van der Waals surface area contributed by atoms with Gasteiger partial charge in [0.25, 0.3) is 0 Å². The third kappa shape index (κ3) is 9.78. The normalized spacial score (nSPS) is 10.7. The summed E-state index contributed by atoms with van der Waals surface area (Å²) in [4.78, 5) is 24.9. The van der Waals surface area contributed by atoms with E-state index in [4.69, 9.17) is 29.2 Å². The Labute approximate surface area is 255 Å². The number of rotatable bonds is 10. The SMILES string of the molecule is CCOC(=O)C(OC(=O)COc1ccc(C#Cc2ccc(CO)cc2)cc1)Oc1ccc(C#Cc2ccc(CO)cc2)cc1. The van der Waals surface area contributed by atoms with Crippen LogP contribution in [0.15, 0.2) is 97.1 Å². The molecule has 0 saturated carbocycles. The van der Waals surface area contributed by atoms with Gasteiger partial charge in [0.05, 0.1) is 19.8 Å². The number of ether oxygens (including phenoxy) is 4. The highest BCUT2D eigenvalue weighted by Crippen LogP contribution is 2.16. The zero-order valence-electron chi connectivity index (χ0n) is 24.0. The molecule has 0 bridgehead atoms. The maximum Gasteiger partial charge on any atom is 0.389 e. The van der Waals surface area contributed by atoms with Crippen LogP contribution in [0.3, 0.4) is 0 Å². The summed E-state index contributed by atoms with van der Waals surface area (Å²) in [6, 6.07) is 28.0. The Balaban J connectivity index is 1.31. The minimum absolute atomic E-state index is 0.0198. The van der Waals surface area contributed by atoms with Gasteiger partial charge in [0.15, 0.2) is 6.61 Å². The van der Waals surface area contributed by atoms with E-state index >= 15 is 0 Å². The summed E-state index contributed by atoms with van der Waals surface area (Å²) in [5.74, 6) is 11.2. The quantitative estimate of drug-likeness (QED) is 0.159. The molecule has 0 aromatic heterocycles. The van der Waals surface area contributed by atoms with Crippen molar-refractivity contribution in [2.75, 3.05) is 13.2 Å². The summed E-state index contributed by atoms with van der Waals surface area (Å²) in [5, 5.41) is 18.3. The van der Waals surface area contributed by atoms with E-state index < -0.39 is 24.8 Å². The molecular weight excluding hydrogens is 560 g/mol. The van der Waals surface area contributed by atoms with Crippen LogP contribution >= 0.6 is 0 Å². The molecule has 8 heteroatoms. The van der Waals surface area contributed by atoms with Crippen molar-refractivity contribution in [1.29, 1.82) is 0 Å². The lowest BCUT2D eigenvalue weighted by molar-refractivity contribution is -0.187. The van der Waals surface area contributed by atoms with Gasteiger partial charge in [0, 0.05) is 22.3 Å². The van der Waals surface area contributed by atoms with E-state index in [0.29, 0.717) is 11.3 Å². The molecular formula is C36H30O8. The van der Waals surface area contributed by atoms with Crippen LogP contribution in [-0.4, -0.2) is 41.7 Å². The van der Waals surface area contributed by atoms with Crippen LogP contribution in [0.5, 0.6) is 11.5 Å². The second-order valence-electron chi connectivity index (χ2n) is 9.24. The van der Waals surface area contributed by atoms with Crippen LogP contribution in [0.4, 0.5) is 0 Å². The van der Waals surface area contributed by atoms with Crippen LogP contribution in [-0.2, 0) is 32.3 Å². The molecule has 0 amide bonds. The molecule has 1 unspecified atom stereocenters. The summed E-state index contributed by atoms with van der Waals surface area (Å²) in [6.07, 6.45) is -1.63. The summed E-state index contributed by atoms with van der Waals surface area (Å²) >= 11 is 0. The van der Waals surface area contributed by atoms with E-state index in [0.717, 1.165) is 27.8 Å². The van der Waals surface area contributed by atoms with Gasteiger partial charge in [-0.15, -0.1) is 0 Å². The van der Waals surface area contributed by atoms with E-state index in [-0.39, 0.29) is 25.6 Å². The molecule has 4 aromatic carbocycles. The number of hydrogen-bond donors (Lipinski definition) is 2. The van der Waals surface area contributed by atoms with E-state index in [1.54, 1.807) is 67.6 Å². The number of carbonyl (C=O) groups is 2. The van der Waals surface area contributed by atoms with Gasteiger partial charge in [-0.1, -0.05) is 47.9 Å². The average Bonchev–Trinajstić information content (AvgIpc) is 3.06. The Bertz CT molecular complexity index is 1650. The van der Waals surface area contributed by atoms with Gasteiger partial charge in [0.1, 0.15) is 11.5 Å². The van der Waals surface area contributed by atoms with Crippen LogP contribution in [0, 0.1) is 23.7 Å². The zero-order valence-corrected chi connectivity index (χ0v) is 24.0. The van der Waals surface area contributed by atoms with E-state index in [9.17, 15) is 9.59 Å². The largest absolute Gasteiger partial charge is 0.482 e. The van der Waals surface area contributed by atoms with Crippen molar-refractivity contribution in [1.82, 2.24) is 0 Å². The highest BCUT2D eigenvalue weighted by atomic mass is 16.7. The van der Waals surface area contributed by atoms with Crippen molar-refractivity contribution in [2.45, 2.75) is 26.4 Å². The lowest BCUT2D eigenvalue weighted by Gasteiger charge is -2.18. The Hall–Kier alpha value is -5.54. The van der Waals surface area contributed by atoms with Gasteiger partial charge in [0.2, 0.25) is 0 Å². The van der Waals surface area contributed by atoms with Crippen LogP contribution in [0.1, 0.15) is 40.3 Å². The molecule has 0 heterocycles. The summed E-state index contributed by atoms with van der Waals surface area (Å²) in [6.45, 7) is 1.19. The number of aliphatic hydroxyl groups is 2. The van der Waals surface area contributed by atoms with E-state index in [1.165, 1.54) is 0 Å². The molecule has 0 spiro atoms. The highest BCUT2D eigenvalue weighted by Gasteiger charge is 2.27. The highest BCUT2D eigenvalue weighted by molar-refractivity contribution is 5.79. The molecule has 4 rings (SSSR count). The first-order valence-corrected chi connectivity index (χ1v) is 13.7. The number of benzene rings is 4. The molecule has 4 aromatic rings. The topological polar surface area (TPSA) is 112 Å². The van der Waals surface area contributed by atoms with Crippen LogP contribution in [0.2, 0.25) is 0 Å². The molecule has 222 valence electrons. The molecule has 44 heavy (non-hydrogen) atoms. The van der Waals surface area contributed by atoms with E-state index in [2.05, 4.69) is 23.7 Å². The standard InChI is InChI=1S/C36H30O8/c1-2-41-35(40)36(43-33-21-17-29(18-22-33)6-4-27-9-13-31(24-38)14-10-27)44-34(39)25-42-32-19-15-28(16-20-32)5-3-26-7-11-30(23-37)12-8-26/h7-22,36-38H,2,23-25H2,1H3. The van der Waals surface area contributed by atoms with Crippen LogP contribution < -0.4 is 9.47 Å². The smallest absolute Gasteiger partial charge is 0.389 e. The van der Waals surface area contributed by atoms with Crippen molar-refractivity contribution in [3.63, 3.8) is 0 Å². The van der Waals surface area contributed by atoms with Crippen LogP contribution in [0.25, 0.3) is 0 Å². The molecule has 0 aliphatic rings. The second kappa shape index (κ2) is 16.2. The third-order valence-corrected chi connectivity index (χ3v) is 6.00. The van der Waals surface area contributed by atoms with Crippen molar-refractivity contribution < 1.29 is 38.7 Å². The summed E-state index contributed by atoms with van der Waals surface area (Å²) in [5.41, 5.74) is 4.68. The lowest BCUT2D eigenvalue weighted by atomic mass is 10.1. The third-order valence-electron chi connectivity index (χ3n) is 6.00. The van der Waals surface area contributed by atoms with Gasteiger partial charge in [-0.3, -0.25) is 0 Å². The van der Waals surface area contributed by atoms with Crippen molar-refractivity contribution >= 4 is 11.9 Å². The predicted octanol–water partition coefficient (Wildman–Crippen LogP) is 4.36. The first kappa shape index (κ1) is 31.4. The molecule has 2 N–H and O–H groups in total. The van der Waals surface area contributed by atoms with Gasteiger partial charge >= 0.3 is 18.2 Å². The fourth-order valence-electron chi connectivity index (χ4n) is 3.68. The molecule has 0 aliphatic heterocycles. The fraction of sp³-hybridized carbons (Fsp3) is 0.167. The number of carbonyl (C=O) groups excluding carboxylic acids is 2. The summed E-state index contributed by atoms with van der Waals surface area (Å²) in [7, 11) is 0. The number of aliphatic hydroxyl groups excluding tert-OH is 2. The molecule has 0 fully saturated rings. The van der Waals surface area contributed by atoms with Gasteiger partial charge in [-0.05, 0) is 90.8 Å². The van der Waals surface area contributed by atoms with Crippen molar-refractivity contribution in [2.24, 2.45) is 0 Å². The first-order chi connectivity index (χ1) is 21.4. The zero-order chi connectivity index (χ0) is 31.1. The Morgan fingerprint density at radius 1 is 0.636 bits per heavy atom. The fourth-order valence-corrected chi connectivity index (χ4v) is 3.68. The molecule has 0 saturated heterocycles. The minimum Gasteiger partial charge on any atom is -0.482 e. The lowest BCUT2D eigenvalue weighted by Crippen LogP contribution is -2.35. The molecule has 8 nitrogen and oxygen atoms in total. The molecule has 0 aliphatic carbocycles. The Morgan fingerprint density at radius 2 is 1.05 bits per heavy atom. The molecule has 1 atom stereocenters. The van der Waals surface area contributed by atoms with Gasteiger partial charge in [-0.25, -0.2) is 9.59 Å². The Kier molecular flexibility index (Phi) is 11.6. The number of hydrogen-bond acceptors (Lipinski definition) is 8. The Morgan fingerprint density at radius 3 is 1.45 bits per heavy atom. The summed E-state index contributed by atoms with van der Waals surface area (Å²) < 4.78 is 21.4. The van der Waals surface area contributed by atoms with Crippen molar-refractivity contribution in [3.05, 3.63) is 130 Å². The maximum absolute atomic E-state index is 12.5. The second-order valence-corrected chi connectivity index (χ2v) is 9.24. The molecule has 0 radical (unpaired) electrons. The number of esters is 2. The van der Waals surface area contributed by atoms with Crippen molar-refractivity contribution in [3.8, 4) is 35.2 Å². The van der Waals surface area contributed by atoms with Gasteiger partial charge < -0.3 is 29.2 Å². The average molecular weight is 591 g/mol. The monoisotopic (exact) mass is 590 g/mol. The predicted molar refractivity (Wildman–Crippen MR) is 162 cm³/mol. The first-order valence-electron chi connectivity index (χ1n) is 13.7. The maximum atomic E-state index is 12.5. The van der Waals surface area contributed by atoms with E-state index in [1.807, 2.05) is 36.4 Å².